The molecule has 16 rings (SSSR count). The summed E-state index contributed by atoms with van der Waals surface area (Å²) in [4.78, 5) is 62.9. The van der Waals surface area contributed by atoms with E-state index in [2.05, 4.69) is 52.4 Å². The highest BCUT2D eigenvalue weighted by atomic mass is 35.5. The van der Waals surface area contributed by atoms with Crippen LogP contribution in [0.2, 0.25) is 0 Å². The molecule has 3 amide bonds. The molecule has 11 aliphatic rings. The van der Waals surface area contributed by atoms with Crippen LogP contribution in [-0.4, -0.2) is 163 Å². The van der Waals surface area contributed by atoms with Crippen molar-refractivity contribution in [2.45, 2.75) is 90.3 Å². The Balaban J connectivity index is 0.000000130. The third-order valence-electron chi connectivity index (χ3n) is 20.5. The number of amides is 3. The molecular formula is C69H90ClN11O6. The van der Waals surface area contributed by atoms with Gasteiger partial charge in [0.2, 0.25) is 17.7 Å². The summed E-state index contributed by atoms with van der Waals surface area (Å²) >= 11 is 5.60. The molecule has 8 bridgehead atoms. The van der Waals surface area contributed by atoms with E-state index < -0.39 is 0 Å². The molecule has 87 heavy (non-hydrogen) atoms. The van der Waals surface area contributed by atoms with Crippen LogP contribution in [-0.2, 0) is 27.6 Å². The number of halogens is 1. The lowest BCUT2D eigenvalue weighted by Crippen LogP contribution is -2.53. The lowest BCUT2D eigenvalue weighted by Gasteiger charge is -2.57. The number of rotatable bonds is 18. The van der Waals surface area contributed by atoms with Gasteiger partial charge in [0.1, 0.15) is 53.8 Å². The average molecular weight is 1210 g/mol. The summed E-state index contributed by atoms with van der Waals surface area (Å²) < 4.78 is 11.6. The first-order valence-electron chi connectivity index (χ1n) is 32.4. The predicted octanol–water partition coefficient (Wildman–Crippen LogP) is 8.91. The number of benzene rings is 2. The Morgan fingerprint density at radius 3 is 1.09 bits per heavy atom. The molecule has 5 aromatic rings. The molecule has 3 N–H and O–H groups in total. The number of aromatic hydroxyl groups is 1. The minimum absolute atomic E-state index is 0.00562. The van der Waals surface area contributed by atoms with Crippen LogP contribution >= 0.6 is 11.6 Å². The Morgan fingerprint density at radius 2 is 0.782 bits per heavy atom. The second-order valence-corrected chi connectivity index (χ2v) is 27.2. The van der Waals surface area contributed by atoms with Gasteiger partial charge in [-0.05, 0) is 171 Å². The highest BCUT2D eigenvalue weighted by Crippen LogP contribution is 2.61. The van der Waals surface area contributed by atoms with Gasteiger partial charge in [-0.2, -0.15) is 0 Å². The van der Waals surface area contributed by atoms with Gasteiger partial charge in [-0.15, -0.1) is 11.6 Å². The van der Waals surface area contributed by atoms with Gasteiger partial charge in [0.05, 0.1) is 31.7 Å². The number of alkyl halides is 1. The molecule has 464 valence electrons. The number of carbonyl (C=O) groups excluding carboxylic acids is 3. The standard InChI is InChI=1S/C29H38N4O2.C22H32N4O2.C18H20ClN3O2/c34-28(19-30-21-29-15-23-12-24(16-29)14-25(13-23)17-29)33-10-8-32(9-11-33)27-7-6-26(18-31-27)35-20-22-4-2-1-3-5-22;27-19-1-2-20(24-13-19)25-3-5-26(6-4-25)21(28)14-23-15-22-10-16-7-17(11-22)9-18(8-16)12-22;19-12-18(23)22-10-8-21(9-11-22)17-7-6-16(13-20-17)24-14-15-4-2-1-3-5-15/h1-7,18,23-25,30H,8-17,19-21H2;1-2,13,16-18,23,27H,3-12,14-15H2;1-7,13H,8-12,14H2. The molecule has 3 aromatic heterocycles. The van der Waals surface area contributed by atoms with Gasteiger partial charge in [-0.1, -0.05) is 60.7 Å². The minimum Gasteiger partial charge on any atom is -0.506 e. The topological polar surface area (TPSA) is 172 Å². The molecule has 0 spiro atoms. The zero-order chi connectivity index (χ0) is 59.6. The molecule has 2 aromatic carbocycles. The van der Waals surface area contributed by atoms with Crippen LogP contribution in [0.4, 0.5) is 17.5 Å². The Morgan fingerprint density at radius 1 is 0.448 bits per heavy atom. The van der Waals surface area contributed by atoms with E-state index in [-0.39, 0.29) is 29.4 Å². The van der Waals surface area contributed by atoms with Gasteiger partial charge in [-0.3, -0.25) is 14.4 Å². The number of ether oxygens (including phenoxy) is 2. The van der Waals surface area contributed by atoms with E-state index in [1.807, 2.05) is 88.7 Å². The maximum absolute atomic E-state index is 12.9. The number of piperazine rings is 3. The predicted molar refractivity (Wildman–Crippen MR) is 340 cm³/mol. The Kier molecular flexibility index (Phi) is 19.6. The second kappa shape index (κ2) is 28.2. The molecule has 3 saturated heterocycles. The fourth-order valence-electron chi connectivity index (χ4n) is 17.1. The summed E-state index contributed by atoms with van der Waals surface area (Å²) in [6.07, 6.45) is 22.2. The Labute approximate surface area is 519 Å². The molecule has 11 fully saturated rings. The van der Waals surface area contributed by atoms with Crippen LogP contribution in [0.1, 0.15) is 88.2 Å². The molecule has 0 radical (unpaired) electrons. The van der Waals surface area contributed by atoms with Crippen molar-refractivity contribution in [3.63, 3.8) is 0 Å². The Hall–Kier alpha value is -6.69. The molecule has 0 unspecified atom stereocenters. The quantitative estimate of drug-likeness (QED) is 0.0711. The SMILES string of the molecule is O=C(CCl)N1CCN(c2ccc(OCc3ccccc3)cn2)CC1.O=C(CNCC12CC3CC(CC(C3)C1)C2)N1CCN(c2ccc(O)cn2)CC1.O=C(CNCC12CC3CC(CC(C3)C1)C2)N1CCN(c2ccc(OCc3ccccc3)cn2)CC1. The number of anilines is 3. The maximum Gasteiger partial charge on any atom is 0.237 e. The number of pyridine rings is 3. The van der Waals surface area contributed by atoms with E-state index in [0.29, 0.717) is 50.2 Å². The van der Waals surface area contributed by atoms with E-state index >= 15 is 0 Å². The van der Waals surface area contributed by atoms with Crippen LogP contribution < -0.4 is 34.8 Å². The maximum atomic E-state index is 12.9. The van der Waals surface area contributed by atoms with Crippen molar-refractivity contribution in [2.24, 2.45) is 46.3 Å². The molecular weight excluding hydrogens is 1110 g/mol. The molecule has 6 heterocycles. The van der Waals surface area contributed by atoms with Crippen LogP contribution in [0, 0.1) is 46.3 Å². The van der Waals surface area contributed by atoms with Crippen molar-refractivity contribution in [1.29, 1.82) is 0 Å². The number of nitrogens with zero attached hydrogens (tertiary/aromatic N) is 9. The van der Waals surface area contributed by atoms with Crippen molar-refractivity contribution in [1.82, 2.24) is 40.3 Å². The fraction of sp³-hybridized carbons (Fsp3) is 0.565. The van der Waals surface area contributed by atoms with Crippen LogP contribution in [0.5, 0.6) is 17.2 Å². The number of hydrogen-bond donors (Lipinski definition) is 3. The third kappa shape index (κ3) is 15.8. The first-order valence-corrected chi connectivity index (χ1v) is 33.0. The zero-order valence-electron chi connectivity index (χ0n) is 50.7. The van der Waals surface area contributed by atoms with E-state index in [9.17, 15) is 19.5 Å². The van der Waals surface area contributed by atoms with Gasteiger partial charge < -0.3 is 54.6 Å². The number of hydrogen-bond acceptors (Lipinski definition) is 14. The summed E-state index contributed by atoms with van der Waals surface area (Å²) in [5, 5.41) is 16.5. The summed E-state index contributed by atoms with van der Waals surface area (Å²) in [5.74, 6) is 10.7. The number of aromatic nitrogens is 3. The van der Waals surface area contributed by atoms with Gasteiger partial charge in [-0.25, -0.2) is 15.0 Å². The van der Waals surface area contributed by atoms with Crippen molar-refractivity contribution < 1.29 is 29.0 Å². The van der Waals surface area contributed by atoms with Gasteiger partial charge in [0.15, 0.2) is 0 Å². The summed E-state index contributed by atoms with van der Waals surface area (Å²) in [7, 11) is 0. The Bertz CT molecular complexity index is 2940. The van der Waals surface area contributed by atoms with E-state index in [0.717, 1.165) is 154 Å². The van der Waals surface area contributed by atoms with Crippen molar-refractivity contribution >= 4 is 46.8 Å². The number of nitrogens with one attached hydrogen (secondary N) is 2. The summed E-state index contributed by atoms with van der Waals surface area (Å²) in [6, 6.07) is 31.6. The lowest BCUT2D eigenvalue weighted by atomic mass is 9.49. The lowest BCUT2D eigenvalue weighted by molar-refractivity contribution is -0.131. The highest BCUT2D eigenvalue weighted by Gasteiger charge is 2.52. The molecule has 8 saturated carbocycles. The fourth-order valence-corrected chi connectivity index (χ4v) is 17.3. The smallest absolute Gasteiger partial charge is 0.237 e. The zero-order valence-corrected chi connectivity index (χ0v) is 51.5. The second-order valence-electron chi connectivity index (χ2n) is 26.9. The van der Waals surface area contributed by atoms with E-state index in [4.69, 9.17) is 21.1 Å². The average Bonchev–Trinajstić information content (AvgIpc) is 1.11. The largest absolute Gasteiger partial charge is 0.506 e. The molecule has 17 nitrogen and oxygen atoms in total. The molecule has 8 aliphatic carbocycles. The normalized spacial score (nSPS) is 26.8. The summed E-state index contributed by atoms with van der Waals surface area (Å²) in [5.41, 5.74) is 3.24. The van der Waals surface area contributed by atoms with Crippen molar-refractivity contribution in [3.8, 4) is 17.2 Å². The van der Waals surface area contributed by atoms with Crippen LogP contribution in [0.15, 0.2) is 116 Å². The molecule has 3 aliphatic heterocycles. The van der Waals surface area contributed by atoms with E-state index in [1.54, 1.807) is 23.4 Å². The van der Waals surface area contributed by atoms with E-state index in [1.165, 1.54) is 83.2 Å². The van der Waals surface area contributed by atoms with Gasteiger partial charge in [0.25, 0.3) is 0 Å². The third-order valence-corrected chi connectivity index (χ3v) is 20.8. The molecule has 18 heteroatoms. The van der Waals surface area contributed by atoms with Gasteiger partial charge >= 0.3 is 0 Å². The van der Waals surface area contributed by atoms with Crippen LogP contribution in [0.25, 0.3) is 0 Å². The first-order chi connectivity index (χ1) is 42.5. The monoisotopic (exact) mass is 1200 g/mol. The number of carbonyl (C=O) groups is 3. The van der Waals surface area contributed by atoms with Crippen molar-refractivity contribution in [3.05, 3.63) is 127 Å². The molecule has 0 atom stereocenters. The minimum atomic E-state index is -0.00562. The van der Waals surface area contributed by atoms with Crippen LogP contribution in [0.3, 0.4) is 0 Å². The summed E-state index contributed by atoms with van der Waals surface area (Å²) in [6.45, 7) is 13.2. The van der Waals surface area contributed by atoms with Gasteiger partial charge in [0, 0.05) is 91.6 Å². The highest BCUT2D eigenvalue weighted by molar-refractivity contribution is 6.27. The van der Waals surface area contributed by atoms with Crippen molar-refractivity contribution in [2.75, 3.05) is 125 Å². The first kappa shape index (κ1) is 60.6.